The first-order valence-electron chi connectivity index (χ1n) is 4.96. The Morgan fingerprint density at radius 2 is 2.47 bits per heavy atom. The summed E-state index contributed by atoms with van der Waals surface area (Å²) in [7, 11) is 0. The summed E-state index contributed by atoms with van der Waals surface area (Å²) in [6, 6.07) is 0. The Kier molecular flexibility index (Phi) is 4.45. The summed E-state index contributed by atoms with van der Waals surface area (Å²) >= 11 is 0. The molecule has 5 heteroatoms. The number of hydrogen-bond donors (Lipinski definition) is 2. The van der Waals surface area contributed by atoms with Gasteiger partial charge in [-0.05, 0) is 12.5 Å². The Hall–Kier alpha value is -1.20. The molecule has 0 aliphatic carbocycles. The molecule has 0 aromatic rings. The van der Waals surface area contributed by atoms with Gasteiger partial charge in [0.25, 0.3) is 5.91 Å². The van der Waals surface area contributed by atoms with Crippen molar-refractivity contribution in [1.29, 1.82) is 0 Å². The van der Waals surface area contributed by atoms with Crippen molar-refractivity contribution in [3.8, 4) is 0 Å². The van der Waals surface area contributed by atoms with E-state index in [1.54, 1.807) is 12.2 Å². The molecule has 1 aliphatic rings. The molecular formula is C10H16N2O3. The van der Waals surface area contributed by atoms with Gasteiger partial charge in [-0.25, -0.2) is 0 Å². The monoisotopic (exact) mass is 212 g/mol. The number of aliphatic hydroxyl groups is 1. The Morgan fingerprint density at radius 3 is 3.00 bits per heavy atom. The molecule has 0 saturated carbocycles. The van der Waals surface area contributed by atoms with Gasteiger partial charge in [0, 0.05) is 0 Å². The maximum absolute atomic E-state index is 11.3. The fourth-order valence-electron chi connectivity index (χ4n) is 1.21. The molecular weight excluding hydrogens is 196 g/mol. The number of nitrogens with zero attached hydrogens (tertiary/aromatic N) is 1. The summed E-state index contributed by atoms with van der Waals surface area (Å²) in [5, 5.41) is 8.89. The van der Waals surface area contributed by atoms with Crippen LogP contribution in [0.3, 0.4) is 0 Å². The fraction of sp³-hybridized carbons (Fsp3) is 0.600. The first-order valence-corrected chi connectivity index (χ1v) is 4.96. The van der Waals surface area contributed by atoms with Crippen molar-refractivity contribution in [2.45, 2.75) is 19.4 Å². The topological polar surface area (TPSA) is 84.9 Å². The minimum Gasteiger partial charge on any atom is -0.394 e. The number of amidine groups is 1. The van der Waals surface area contributed by atoms with E-state index in [0.717, 1.165) is 0 Å². The average molecular weight is 212 g/mol. The van der Waals surface area contributed by atoms with Crippen molar-refractivity contribution in [2.24, 2.45) is 16.6 Å². The molecule has 0 aromatic carbocycles. The van der Waals surface area contributed by atoms with E-state index in [0.29, 0.717) is 6.42 Å². The number of rotatable bonds is 5. The lowest BCUT2D eigenvalue weighted by atomic mass is 10.1. The molecule has 0 aromatic heterocycles. The van der Waals surface area contributed by atoms with Crippen LogP contribution < -0.4 is 5.73 Å². The molecule has 1 amide bonds. The maximum Gasteiger partial charge on any atom is 0.256 e. The highest BCUT2D eigenvalue weighted by Crippen LogP contribution is 2.09. The van der Waals surface area contributed by atoms with Gasteiger partial charge in [0.1, 0.15) is 5.84 Å². The van der Waals surface area contributed by atoms with Gasteiger partial charge in [-0.15, -0.1) is 0 Å². The van der Waals surface area contributed by atoms with Crippen LogP contribution in [0.15, 0.2) is 17.1 Å². The summed E-state index contributed by atoms with van der Waals surface area (Å²) in [5.74, 6) is -0.439. The number of ether oxygens (including phenoxy) is 1. The highest BCUT2D eigenvalue weighted by atomic mass is 16.5. The third-order valence-corrected chi connectivity index (χ3v) is 2.23. The van der Waals surface area contributed by atoms with E-state index in [-0.39, 0.29) is 37.0 Å². The summed E-state index contributed by atoms with van der Waals surface area (Å²) in [4.78, 5) is 15.0. The maximum atomic E-state index is 11.3. The third kappa shape index (κ3) is 3.45. The van der Waals surface area contributed by atoms with Crippen molar-refractivity contribution < 1.29 is 14.6 Å². The lowest BCUT2D eigenvalue weighted by Gasteiger charge is -2.17. The fourth-order valence-corrected chi connectivity index (χ4v) is 1.21. The van der Waals surface area contributed by atoms with E-state index >= 15 is 0 Å². The Bertz CT molecular complexity index is 282. The molecule has 1 aliphatic heterocycles. The molecule has 0 radical (unpaired) electrons. The largest absolute Gasteiger partial charge is 0.394 e. The van der Waals surface area contributed by atoms with Crippen LogP contribution in [0.25, 0.3) is 0 Å². The second kappa shape index (κ2) is 5.63. The average Bonchev–Trinajstić information content (AvgIpc) is 2.22. The second-order valence-electron chi connectivity index (χ2n) is 3.39. The van der Waals surface area contributed by atoms with Crippen LogP contribution in [0, 0.1) is 5.92 Å². The molecule has 15 heavy (non-hydrogen) atoms. The number of amides is 1. The summed E-state index contributed by atoms with van der Waals surface area (Å²) in [6.45, 7) is 2.12. The van der Waals surface area contributed by atoms with Gasteiger partial charge in [0.15, 0.2) is 0 Å². The highest BCUT2D eigenvalue weighted by Gasteiger charge is 2.20. The molecule has 1 unspecified atom stereocenters. The first kappa shape index (κ1) is 11.9. The lowest BCUT2D eigenvalue weighted by Crippen LogP contribution is -2.27. The quantitative estimate of drug-likeness (QED) is 0.663. The SMILES string of the molecule is CC[C@@H](CO)OCC1C=CC(N)=NC1=O. The van der Waals surface area contributed by atoms with E-state index in [1.807, 2.05) is 6.92 Å². The minimum absolute atomic E-state index is 0.0352. The van der Waals surface area contributed by atoms with E-state index in [4.69, 9.17) is 15.6 Å². The molecule has 0 saturated heterocycles. The van der Waals surface area contributed by atoms with Crippen molar-refractivity contribution in [3.05, 3.63) is 12.2 Å². The summed E-state index contributed by atoms with van der Waals surface area (Å²) < 4.78 is 5.35. The van der Waals surface area contributed by atoms with Gasteiger partial charge in [-0.1, -0.05) is 13.0 Å². The zero-order chi connectivity index (χ0) is 11.3. The zero-order valence-electron chi connectivity index (χ0n) is 8.72. The lowest BCUT2D eigenvalue weighted by molar-refractivity contribution is -0.123. The van der Waals surface area contributed by atoms with E-state index in [2.05, 4.69) is 4.99 Å². The van der Waals surface area contributed by atoms with Crippen LogP contribution in [-0.2, 0) is 9.53 Å². The Morgan fingerprint density at radius 1 is 1.73 bits per heavy atom. The van der Waals surface area contributed by atoms with Crippen molar-refractivity contribution >= 4 is 11.7 Å². The van der Waals surface area contributed by atoms with Gasteiger partial charge in [-0.2, -0.15) is 4.99 Å². The molecule has 84 valence electrons. The second-order valence-corrected chi connectivity index (χ2v) is 3.39. The normalized spacial score (nSPS) is 22.7. The number of aliphatic hydroxyl groups excluding tert-OH is 1. The number of aliphatic imine (C=N–C) groups is 1. The Balaban J connectivity index is 2.41. The smallest absolute Gasteiger partial charge is 0.256 e. The van der Waals surface area contributed by atoms with Crippen molar-refractivity contribution in [3.63, 3.8) is 0 Å². The van der Waals surface area contributed by atoms with Crippen LogP contribution in [0.1, 0.15) is 13.3 Å². The van der Waals surface area contributed by atoms with Crippen molar-refractivity contribution in [1.82, 2.24) is 0 Å². The standard InChI is InChI=1S/C10H16N2O3/c1-2-8(5-13)15-6-7-3-4-9(11)12-10(7)14/h3-4,7-8,13H,2,5-6H2,1H3,(H2,11,12,14)/t7?,8-/m0/s1. The van der Waals surface area contributed by atoms with Crippen LogP contribution in [0.5, 0.6) is 0 Å². The van der Waals surface area contributed by atoms with Crippen LogP contribution in [0.2, 0.25) is 0 Å². The van der Waals surface area contributed by atoms with Gasteiger partial charge in [0.05, 0.1) is 25.2 Å². The number of dihydropyridines is 1. The minimum atomic E-state index is -0.377. The summed E-state index contributed by atoms with van der Waals surface area (Å²) in [6.07, 6.45) is 3.77. The third-order valence-electron chi connectivity index (χ3n) is 2.23. The van der Waals surface area contributed by atoms with Gasteiger partial charge < -0.3 is 15.6 Å². The number of hydrogen-bond acceptors (Lipinski definition) is 4. The first-order chi connectivity index (χ1) is 7.17. The van der Waals surface area contributed by atoms with Gasteiger partial charge in [-0.3, -0.25) is 4.79 Å². The molecule has 3 N–H and O–H groups in total. The number of carbonyl (C=O) groups excluding carboxylic acids is 1. The summed E-state index contributed by atoms with van der Waals surface area (Å²) in [5.41, 5.74) is 5.36. The van der Waals surface area contributed by atoms with E-state index in [1.165, 1.54) is 0 Å². The van der Waals surface area contributed by atoms with Crippen LogP contribution >= 0.6 is 0 Å². The molecule has 0 fully saturated rings. The van der Waals surface area contributed by atoms with Crippen molar-refractivity contribution in [2.75, 3.05) is 13.2 Å². The van der Waals surface area contributed by atoms with E-state index in [9.17, 15) is 4.79 Å². The predicted octanol–water partition coefficient (Wildman–Crippen LogP) is -0.156. The molecule has 2 atom stereocenters. The highest BCUT2D eigenvalue weighted by molar-refractivity contribution is 6.03. The molecule has 1 heterocycles. The molecule has 0 spiro atoms. The molecule has 1 rings (SSSR count). The number of nitrogens with two attached hydrogens (primary N) is 1. The van der Waals surface area contributed by atoms with E-state index < -0.39 is 0 Å². The van der Waals surface area contributed by atoms with Gasteiger partial charge >= 0.3 is 0 Å². The molecule has 5 nitrogen and oxygen atoms in total. The predicted molar refractivity (Wildman–Crippen MR) is 56.4 cm³/mol. The van der Waals surface area contributed by atoms with Crippen LogP contribution in [0.4, 0.5) is 0 Å². The Labute approximate surface area is 88.6 Å². The van der Waals surface area contributed by atoms with Crippen LogP contribution in [-0.4, -0.2) is 36.2 Å². The zero-order valence-corrected chi connectivity index (χ0v) is 8.72. The molecule has 0 bridgehead atoms. The number of carbonyl (C=O) groups is 1. The van der Waals surface area contributed by atoms with Gasteiger partial charge in [0.2, 0.25) is 0 Å².